The minimum absolute atomic E-state index is 0.00508. The molecule has 0 bridgehead atoms. The second-order valence-corrected chi connectivity index (χ2v) is 8.89. The van der Waals surface area contributed by atoms with Gasteiger partial charge in [0.05, 0.1) is 30.5 Å². The minimum atomic E-state index is -0.492. The van der Waals surface area contributed by atoms with E-state index in [1.54, 1.807) is 43.2 Å². The largest absolute Gasteiger partial charge is 0.497 e. The standard InChI is InChI=1S/C20H20N4O4S2/c1-11(25)23-7-6-14-15(9-23)30-18-17(14)19(27)24(20(22-18)29-10-16(21)26)12-4-3-5-13(8-12)28-2/h3-5,8H,6-7,9-10H2,1-2H3,(H2,21,26). The van der Waals surface area contributed by atoms with E-state index in [2.05, 4.69) is 0 Å². The summed E-state index contributed by atoms with van der Waals surface area (Å²) < 4.78 is 6.80. The third-order valence-electron chi connectivity index (χ3n) is 4.94. The van der Waals surface area contributed by atoms with Crippen LogP contribution in [0.4, 0.5) is 0 Å². The molecule has 156 valence electrons. The summed E-state index contributed by atoms with van der Waals surface area (Å²) in [6.07, 6.45) is 0.609. The number of nitrogens with two attached hydrogens (primary N) is 1. The summed E-state index contributed by atoms with van der Waals surface area (Å²) in [6.45, 7) is 2.60. The number of hydrogen-bond acceptors (Lipinski definition) is 7. The lowest BCUT2D eigenvalue weighted by Gasteiger charge is -2.25. The molecule has 2 amide bonds. The number of thiophene rings is 1. The molecule has 2 N–H and O–H groups in total. The van der Waals surface area contributed by atoms with E-state index in [0.717, 1.165) is 22.2 Å². The summed E-state index contributed by atoms with van der Waals surface area (Å²) in [5.74, 6) is 0.131. The smallest absolute Gasteiger partial charge is 0.267 e. The van der Waals surface area contributed by atoms with E-state index in [1.807, 2.05) is 0 Å². The number of rotatable bonds is 5. The maximum absolute atomic E-state index is 13.6. The van der Waals surface area contributed by atoms with Crippen molar-refractivity contribution in [2.75, 3.05) is 19.4 Å². The normalized spacial score (nSPS) is 13.3. The van der Waals surface area contributed by atoms with Crippen LogP contribution < -0.4 is 16.0 Å². The number of thioether (sulfide) groups is 1. The lowest BCUT2D eigenvalue weighted by molar-refractivity contribution is -0.129. The highest BCUT2D eigenvalue weighted by molar-refractivity contribution is 7.99. The van der Waals surface area contributed by atoms with Crippen molar-refractivity contribution in [1.29, 1.82) is 0 Å². The molecule has 0 saturated carbocycles. The number of nitrogens with zero attached hydrogens (tertiary/aromatic N) is 3. The van der Waals surface area contributed by atoms with E-state index in [9.17, 15) is 14.4 Å². The Kier molecular flexibility index (Phi) is 5.52. The Bertz CT molecular complexity index is 1220. The topological polar surface area (TPSA) is 108 Å². The monoisotopic (exact) mass is 444 g/mol. The molecule has 0 saturated heterocycles. The maximum Gasteiger partial charge on any atom is 0.267 e. The molecule has 0 spiro atoms. The SMILES string of the molecule is COc1cccc(-n2c(SCC(N)=O)nc3sc4c(c3c2=O)CCN(C(C)=O)C4)c1. The fourth-order valence-electron chi connectivity index (χ4n) is 3.50. The van der Waals surface area contributed by atoms with Crippen LogP contribution in [0.2, 0.25) is 0 Å². The van der Waals surface area contributed by atoms with E-state index in [-0.39, 0.29) is 17.2 Å². The van der Waals surface area contributed by atoms with Crippen LogP contribution in [-0.2, 0) is 22.6 Å². The number of carbonyl (C=O) groups excluding carboxylic acids is 2. The Labute approximate surface area is 180 Å². The zero-order chi connectivity index (χ0) is 21.4. The summed E-state index contributed by atoms with van der Waals surface area (Å²) in [7, 11) is 1.56. The Morgan fingerprint density at radius 3 is 2.87 bits per heavy atom. The molecule has 0 atom stereocenters. The fourth-order valence-corrected chi connectivity index (χ4v) is 5.53. The van der Waals surface area contributed by atoms with Crippen LogP contribution in [0.3, 0.4) is 0 Å². The summed E-state index contributed by atoms with van der Waals surface area (Å²) in [5, 5.41) is 0.964. The molecule has 8 nitrogen and oxygen atoms in total. The number of ether oxygens (including phenoxy) is 1. The number of carbonyl (C=O) groups is 2. The quantitative estimate of drug-likeness (QED) is 0.476. The molecule has 0 aliphatic carbocycles. The molecular formula is C20H20N4O4S2. The highest BCUT2D eigenvalue weighted by atomic mass is 32.2. The van der Waals surface area contributed by atoms with Gasteiger partial charge in [0.2, 0.25) is 11.8 Å². The predicted octanol–water partition coefficient (Wildman–Crippen LogP) is 1.94. The van der Waals surface area contributed by atoms with Crippen molar-refractivity contribution in [2.24, 2.45) is 5.73 Å². The highest BCUT2D eigenvalue weighted by Crippen LogP contribution is 2.34. The van der Waals surface area contributed by atoms with Gasteiger partial charge in [-0.1, -0.05) is 17.8 Å². The first-order chi connectivity index (χ1) is 14.4. The molecule has 3 heterocycles. The number of amides is 2. The molecular weight excluding hydrogens is 424 g/mol. The molecule has 0 unspecified atom stereocenters. The molecule has 0 fully saturated rings. The second-order valence-electron chi connectivity index (χ2n) is 6.87. The van der Waals surface area contributed by atoms with Crippen molar-refractivity contribution in [2.45, 2.75) is 25.0 Å². The van der Waals surface area contributed by atoms with Gasteiger partial charge in [0.1, 0.15) is 10.6 Å². The second kappa shape index (κ2) is 8.11. The van der Waals surface area contributed by atoms with Gasteiger partial charge in [-0.05, 0) is 24.1 Å². The predicted molar refractivity (Wildman–Crippen MR) is 116 cm³/mol. The van der Waals surface area contributed by atoms with Crippen LogP contribution in [0, 0.1) is 0 Å². The number of methoxy groups -OCH3 is 1. The Balaban J connectivity index is 1.93. The van der Waals surface area contributed by atoms with Crippen LogP contribution in [0.5, 0.6) is 5.75 Å². The Morgan fingerprint density at radius 2 is 2.17 bits per heavy atom. The number of fused-ring (bicyclic) bond motifs is 3. The average Bonchev–Trinajstić information content (AvgIpc) is 3.10. The fraction of sp³-hybridized carbons (Fsp3) is 0.300. The lowest BCUT2D eigenvalue weighted by atomic mass is 10.1. The van der Waals surface area contributed by atoms with Crippen molar-refractivity contribution < 1.29 is 14.3 Å². The summed E-state index contributed by atoms with van der Waals surface area (Å²) in [4.78, 5) is 44.8. The first-order valence-corrected chi connectivity index (χ1v) is 11.1. The molecule has 1 aromatic carbocycles. The molecule has 0 radical (unpaired) electrons. The Morgan fingerprint density at radius 1 is 1.37 bits per heavy atom. The van der Waals surface area contributed by atoms with Crippen LogP contribution >= 0.6 is 23.1 Å². The molecule has 4 rings (SSSR count). The summed E-state index contributed by atoms with van der Waals surface area (Å²) >= 11 is 2.54. The minimum Gasteiger partial charge on any atom is -0.497 e. The van der Waals surface area contributed by atoms with Gasteiger partial charge < -0.3 is 15.4 Å². The Hall–Kier alpha value is -2.85. The van der Waals surface area contributed by atoms with Crippen LogP contribution in [0.15, 0.2) is 34.2 Å². The maximum atomic E-state index is 13.6. The van der Waals surface area contributed by atoms with Gasteiger partial charge >= 0.3 is 0 Å². The van der Waals surface area contributed by atoms with Gasteiger partial charge in [-0.15, -0.1) is 11.3 Å². The number of benzene rings is 1. The van der Waals surface area contributed by atoms with Crippen LogP contribution in [0.1, 0.15) is 17.4 Å². The van der Waals surface area contributed by atoms with E-state index < -0.39 is 5.91 Å². The third kappa shape index (κ3) is 3.68. The van der Waals surface area contributed by atoms with E-state index in [4.69, 9.17) is 15.5 Å². The lowest BCUT2D eigenvalue weighted by Crippen LogP contribution is -2.34. The average molecular weight is 445 g/mol. The molecule has 2 aromatic heterocycles. The van der Waals surface area contributed by atoms with Crippen molar-refractivity contribution >= 4 is 45.1 Å². The molecule has 30 heavy (non-hydrogen) atoms. The van der Waals surface area contributed by atoms with Gasteiger partial charge in [-0.25, -0.2) is 4.98 Å². The van der Waals surface area contributed by atoms with Gasteiger partial charge in [0, 0.05) is 24.4 Å². The summed E-state index contributed by atoms with van der Waals surface area (Å²) in [5.41, 5.74) is 6.67. The first-order valence-electron chi connectivity index (χ1n) is 9.27. The van der Waals surface area contributed by atoms with Gasteiger partial charge in [0.15, 0.2) is 5.16 Å². The number of aromatic nitrogens is 2. The van der Waals surface area contributed by atoms with E-state index in [0.29, 0.717) is 46.3 Å². The van der Waals surface area contributed by atoms with Crippen molar-refractivity contribution in [3.05, 3.63) is 45.1 Å². The number of hydrogen-bond donors (Lipinski definition) is 1. The summed E-state index contributed by atoms with van der Waals surface area (Å²) in [6, 6.07) is 7.13. The van der Waals surface area contributed by atoms with Crippen molar-refractivity contribution in [3.63, 3.8) is 0 Å². The first kappa shape index (κ1) is 20.4. The van der Waals surface area contributed by atoms with Gasteiger partial charge in [-0.2, -0.15) is 0 Å². The zero-order valence-electron chi connectivity index (χ0n) is 16.5. The van der Waals surface area contributed by atoms with Gasteiger partial charge in [0.25, 0.3) is 5.56 Å². The molecule has 3 aromatic rings. The van der Waals surface area contributed by atoms with E-state index >= 15 is 0 Å². The van der Waals surface area contributed by atoms with E-state index in [1.165, 1.54) is 15.9 Å². The van der Waals surface area contributed by atoms with Crippen LogP contribution in [0.25, 0.3) is 15.9 Å². The molecule has 1 aliphatic rings. The van der Waals surface area contributed by atoms with Crippen molar-refractivity contribution in [1.82, 2.24) is 14.5 Å². The van der Waals surface area contributed by atoms with Gasteiger partial charge in [-0.3, -0.25) is 19.0 Å². The highest BCUT2D eigenvalue weighted by Gasteiger charge is 2.26. The number of primary amides is 1. The zero-order valence-corrected chi connectivity index (χ0v) is 18.1. The molecule has 10 heteroatoms. The third-order valence-corrected chi connectivity index (χ3v) is 7.02. The molecule has 1 aliphatic heterocycles. The van der Waals surface area contributed by atoms with Crippen LogP contribution in [-0.4, -0.2) is 45.7 Å². The van der Waals surface area contributed by atoms with Crippen molar-refractivity contribution in [3.8, 4) is 11.4 Å².